The number of amides is 1. The van der Waals surface area contributed by atoms with Gasteiger partial charge in [0.2, 0.25) is 5.91 Å². The Bertz CT molecular complexity index is 1150. The van der Waals surface area contributed by atoms with E-state index in [1.165, 1.54) is 18.4 Å². The lowest BCUT2D eigenvalue weighted by molar-refractivity contribution is -0.149. The second kappa shape index (κ2) is 8.06. The van der Waals surface area contributed by atoms with Crippen LogP contribution in [0.3, 0.4) is 0 Å². The lowest BCUT2D eigenvalue weighted by Crippen LogP contribution is -2.26. The van der Waals surface area contributed by atoms with E-state index in [9.17, 15) is 19.5 Å². The number of ether oxygens (including phenoxy) is 1. The van der Waals surface area contributed by atoms with Gasteiger partial charge in [0, 0.05) is 36.0 Å². The van der Waals surface area contributed by atoms with Crippen LogP contribution in [0.5, 0.6) is 5.75 Å². The Hall–Kier alpha value is -3.55. The van der Waals surface area contributed by atoms with E-state index in [1.807, 2.05) is 6.92 Å². The van der Waals surface area contributed by atoms with Crippen LogP contribution >= 0.6 is 0 Å². The molecule has 1 fully saturated rings. The van der Waals surface area contributed by atoms with Gasteiger partial charge in [-0.1, -0.05) is 6.92 Å². The first-order valence-corrected chi connectivity index (χ1v) is 9.70. The largest absolute Gasteiger partial charge is 0.508 e. The van der Waals surface area contributed by atoms with Crippen LogP contribution in [0.2, 0.25) is 0 Å². The molecule has 1 unspecified atom stereocenters. The van der Waals surface area contributed by atoms with Gasteiger partial charge in [0.05, 0.1) is 18.7 Å². The lowest BCUT2D eigenvalue weighted by atomic mass is 10.0. The molecule has 0 bridgehead atoms. The number of hydrogen-bond donors (Lipinski definition) is 1. The van der Waals surface area contributed by atoms with Crippen molar-refractivity contribution in [2.75, 3.05) is 6.54 Å². The summed E-state index contributed by atoms with van der Waals surface area (Å²) in [6.07, 6.45) is 2.20. The Morgan fingerprint density at radius 3 is 2.83 bits per heavy atom. The number of benzene rings is 1. The summed E-state index contributed by atoms with van der Waals surface area (Å²) in [6, 6.07) is 7.90. The van der Waals surface area contributed by atoms with E-state index >= 15 is 0 Å². The van der Waals surface area contributed by atoms with Gasteiger partial charge in [-0.2, -0.15) is 0 Å². The number of carbonyl (C=O) groups is 2. The molecule has 0 radical (unpaired) electrons. The van der Waals surface area contributed by atoms with E-state index in [2.05, 4.69) is 0 Å². The fourth-order valence-electron chi connectivity index (χ4n) is 3.65. The molecule has 2 aromatic heterocycles. The van der Waals surface area contributed by atoms with Crippen LogP contribution in [0.1, 0.15) is 30.2 Å². The third-order valence-corrected chi connectivity index (χ3v) is 5.25. The van der Waals surface area contributed by atoms with Gasteiger partial charge in [-0.25, -0.2) is 4.79 Å². The number of aryl methyl sites for hydroxylation is 1. The first-order chi connectivity index (χ1) is 14.4. The maximum atomic E-state index is 12.5. The number of fused-ring (bicyclic) bond motifs is 1. The highest BCUT2D eigenvalue weighted by molar-refractivity contribution is 5.87. The highest BCUT2D eigenvalue weighted by Crippen LogP contribution is 2.28. The van der Waals surface area contributed by atoms with Crippen molar-refractivity contribution in [3.63, 3.8) is 0 Å². The predicted octanol–water partition coefficient (Wildman–Crippen LogP) is 2.75. The van der Waals surface area contributed by atoms with Crippen molar-refractivity contribution in [1.82, 2.24) is 4.90 Å². The summed E-state index contributed by atoms with van der Waals surface area (Å²) in [4.78, 5) is 38.2. The van der Waals surface area contributed by atoms with Crippen molar-refractivity contribution in [1.29, 1.82) is 0 Å². The number of likely N-dealkylation sites (tertiary alicyclic amines) is 1. The van der Waals surface area contributed by atoms with Crippen LogP contribution in [0, 0.1) is 5.92 Å². The van der Waals surface area contributed by atoms with Crippen LogP contribution in [0.15, 0.2) is 50.2 Å². The van der Waals surface area contributed by atoms with E-state index in [4.69, 9.17) is 13.6 Å². The van der Waals surface area contributed by atoms with Gasteiger partial charge in [-0.15, -0.1) is 0 Å². The van der Waals surface area contributed by atoms with Gasteiger partial charge in [0.25, 0.3) is 0 Å². The molecule has 8 heteroatoms. The Morgan fingerprint density at radius 2 is 2.10 bits per heavy atom. The van der Waals surface area contributed by atoms with Crippen molar-refractivity contribution >= 4 is 22.8 Å². The van der Waals surface area contributed by atoms with Crippen molar-refractivity contribution < 1.29 is 28.3 Å². The second-order valence-electron chi connectivity index (χ2n) is 7.28. The number of aromatic hydroxyl groups is 1. The van der Waals surface area contributed by atoms with Crippen molar-refractivity contribution in [2.24, 2.45) is 5.92 Å². The minimum absolute atomic E-state index is 0.0448. The van der Waals surface area contributed by atoms with Crippen LogP contribution in [0.4, 0.5) is 0 Å². The number of phenols is 1. The SMILES string of the molecule is CCc1cc2c(COC(=O)C3CC(=O)N(Cc4ccco4)C3)cc(=O)oc2cc1O. The molecular weight excluding hydrogens is 390 g/mol. The molecule has 1 saturated heterocycles. The highest BCUT2D eigenvalue weighted by atomic mass is 16.5. The van der Waals surface area contributed by atoms with Gasteiger partial charge in [-0.3, -0.25) is 9.59 Å². The molecule has 1 N–H and O–H groups in total. The van der Waals surface area contributed by atoms with Crippen molar-refractivity contribution in [2.45, 2.75) is 32.9 Å². The van der Waals surface area contributed by atoms with E-state index in [0.717, 1.165) is 0 Å². The summed E-state index contributed by atoms with van der Waals surface area (Å²) in [6.45, 7) is 2.33. The summed E-state index contributed by atoms with van der Waals surface area (Å²) in [5.41, 5.74) is 0.807. The fourth-order valence-corrected chi connectivity index (χ4v) is 3.65. The van der Waals surface area contributed by atoms with Crippen molar-refractivity contribution in [3.05, 3.63) is 63.9 Å². The number of nitrogens with zero attached hydrogens (tertiary/aromatic N) is 1. The average Bonchev–Trinajstić information content (AvgIpc) is 3.35. The van der Waals surface area contributed by atoms with Gasteiger partial charge in [-0.05, 0) is 30.2 Å². The first kappa shape index (κ1) is 19.8. The second-order valence-corrected chi connectivity index (χ2v) is 7.28. The monoisotopic (exact) mass is 411 g/mol. The zero-order valence-corrected chi connectivity index (χ0v) is 16.4. The van der Waals surface area contributed by atoms with E-state index in [-0.39, 0.29) is 36.8 Å². The van der Waals surface area contributed by atoms with E-state index < -0.39 is 17.5 Å². The molecule has 1 aromatic carbocycles. The predicted molar refractivity (Wildman–Crippen MR) is 106 cm³/mol. The van der Waals surface area contributed by atoms with Gasteiger partial charge >= 0.3 is 11.6 Å². The van der Waals surface area contributed by atoms with Gasteiger partial charge in [0.15, 0.2) is 0 Å². The summed E-state index contributed by atoms with van der Waals surface area (Å²) in [5, 5.41) is 10.6. The standard InChI is InChI=1S/C22H21NO7/c1-2-13-6-17-15(8-21(26)30-19(17)9-18(13)24)12-29-22(27)14-7-20(25)23(10-14)11-16-4-3-5-28-16/h3-6,8-9,14,24H,2,7,10-12H2,1H3. The maximum Gasteiger partial charge on any atom is 0.336 e. The molecule has 0 saturated carbocycles. The Morgan fingerprint density at radius 1 is 1.27 bits per heavy atom. The van der Waals surface area contributed by atoms with E-state index in [0.29, 0.717) is 35.2 Å². The summed E-state index contributed by atoms with van der Waals surface area (Å²) < 4.78 is 15.8. The zero-order valence-electron chi connectivity index (χ0n) is 16.4. The number of furan rings is 1. The molecule has 3 aromatic rings. The van der Waals surface area contributed by atoms with Crippen molar-refractivity contribution in [3.8, 4) is 5.75 Å². The molecule has 1 aliphatic rings. The lowest BCUT2D eigenvalue weighted by Gasteiger charge is -2.15. The smallest absolute Gasteiger partial charge is 0.336 e. The third-order valence-electron chi connectivity index (χ3n) is 5.25. The minimum atomic E-state index is -0.599. The molecular formula is C22H21NO7. The molecule has 8 nitrogen and oxygen atoms in total. The molecule has 4 rings (SSSR count). The molecule has 0 spiro atoms. The van der Waals surface area contributed by atoms with Gasteiger partial charge in [0.1, 0.15) is 23.7 Å². The Balaban J connectivity index is 1.47. The maximum absolute atomic E-state index is 12.5. The third kappa shape index (κ3) is 3.94. The number of phenolic OH excluding ortho intramolecular Hbond substituents is 1. The molecule has 156 valence electrons. The average molecular weight is 411 g/mol. The van der Waals surface area contributed by atoms with Crippen LogP contribution in [-0.4, -0.2) is 28.4 Å². The number of esters is 1. The van der Waals surface area contributed by atoms with Gasteiger partial charge < -0.3 is 23.6 Å². The van der Waals surface area contributed by atoms with Crippen LogP contribution in [0.25, 0.3) is 11.0 Å². The molecule has 30 heavy (non-hydrogen) atoms. The van der Waals surface area contributed by atoms with Crippen LogP contribution in [-0.2, 0) is 33.9 Å². The normalized spacial score (nSPS) is 16.4. The minimum Gasteiger partial charge on any atom is -0.508 e. The fraction of sp³-hybridized carbons (Fsp3) is 0.318. The first-order valence-electron chi connectivity index (χ1n) is 9.70. The molecule has 1 atom stereocenters. The topological polar surface area (TPSA) is 110 Å². The van der Waals surface area contributed by atoms with Crippen LogP contribution < -0.4 is 5.63 Å². The molecule has 1 aliphatic heterocycles. The summed E-state index contributed by atoms with van der Waals surface area (Å²) >= 11 is 0. The summed E-state index contributed by atoms with van der Waals surface area (Å²) in [5.74, 6) is -0.518. The Labute approximate surface area is 171 Å². The number of carbonyl (C=O) groups excluding carboxylic acids is 2. The zero-order chi connectivity index (χ0) is 21.3. The van der Waals surface area contributed by atoms with E-state index in [1.54, 1.807) is 23.1 Å². The number of rotatable bonds is 6. The molecule has 0 aliphatic carbocycles. The Kier molecular flexibility index (Phi) is 5.31. The summed E-state index contributed by atoms with van der Waals surface area (Å²) in [7, 11) is 0. The number of hydrogen-bond acceptors (Lipinski definition) is 7. The highest BCUT2D eigenvalue weighted by Gasteiger charge is 2.35. The molecule has 3 heterocycles. The molecule has 1 amide bonds. The quantitative estimate of drug-likeness (QED) is 0.490.